The van der Waals surface area contributed by atoms with Gasteiger partial charge in [0.05, 0.1) is 11.8 Å². The predicted octanol–water partition coefficient (Wildman–Crippen LogP) is 3.45. The van der Waals surface area contributed by atoms with Crippen molar-refractivity contribution in [1.82, 2.24) is 20.1 Å². The third-order valence-electron chi connectivity index (χ3n) is 10.1. The van der Waals surface area contributed by atoms with E-state index < -0.39 is 12.1 Å². The van der Waals surface area contributed by atoms with E-state index in [1.54, 1.807) is 16.2 Å². The summed E-state index contributed by atoms with van der Waals surface area (Å²) >= 11 is 1.66. The quantitative estimate of drug-likeness (QED) is 0.527. The summed E-state index contributed by atoms with van der Waals surface area (Å²) in [5.41, 5.74) is 2.41. The standard InChI is InChI=1S/C32H41N5O4S/c1-35-13-15-36(16-14-35)32-33-25(19-42-32)21-9-11-23(12-10-21)30(39)34-27(22-5-3-2-4-6-22)31(40)37-17-24(20-7-8-20)29-28(37)26(38)18-41-29/h9-12,19-20,22,24,27-29H,2-8,13-18H2,1H3,(H,34,39)/t24-,27+,28-,29-/m1/s1. The molecule has 2 amide bonds. The molecule has 1 aromatic heterocycles. The smallest absolute Gasteiger partial charge is 0.251 e. The number of anilines is 1. The lowest BCUT2D eigenvalue weighted by atomic mass is 9.83. The van der Waals surface area contributed by atoms with Gasteiger partial charge in [-0.25, -0.2) is 4.98 Å². The third-order valence-corrected chi connectivity index (χ3v) is 11.0. The first-order valence-corrected chi connectivity index (χ1v) is 16.6. The topological polar surface area (TPSA) is 95.1 Å². The summed E-state index contributed by atoms with van der Waals surface area (Å²) in [7, 11) is 2.15. The number of hydrogen-bond acceptors (Lipinski definition) is 8. The molecule has 5 fully saturated rings. The largest absolute Gasteiger partial charge is 0.367 e. The van der Waals surface area contributed by atoms with E-state index in [4.69, 9.17) is 9.72 Å². The number of fused-ring (bicyclic) bond motifs is 1. The fraction of sp³-hybridized carbons (Fsp3) is 0.625. The molecule has 10 heteroatoms. The number of ether oxygens (including phenoxy) is 1. The number of aromatic nitrogens is 1. The number of carbonyl (C=O) groups excluding carboxylic acids is 3. The minimum atomic E-state index is -0.630. The molecule has 7 rings (SSSR count). The number of amides is 2. The Bertz CT molecular complexity index is 1310. The average molecular weight is 592 g/mol. The molecule has 0 radical (unpaired) electrons. The Hall–Kier alpha value is -2.82. The van der Waals surface area contributed by atoms with E-state index in [9.17, 15) is 14.4 Å². The van der Waals surface area contributed by atoms with E-state index in [2.05, 4.69) is 27.5 Å². The summed E-state index contributed by atoms with van der Waals surface area (Å²) in [6, 6.07) is 6.40. The molecule has 0 spiro atoms. The van der Waals surface area contributed by atoms with Crippen LogP contribution in [0.15, 0.2) is 29.6 Å². The monoisotopic (exact) mass is 591 g/mol. The second-order valence-electron chi connectivity index (χ2n) is 12.9. The van der Waals surface area contributed by atoms with Crippen LogP contribution >= 0.6 is 11.3 Å². The first kappa shape index (κ1) is 28.0. The van der Waals surface area contributed by atoms with E-state index in [1.165, 1.54) is 0 Å². The summed E-state index contributed by atoms with van der Waals surface area (Å²) < 4.78 is 5.91. The fourth-order valence-electron chi connectivity index (χ4n) is 7.44. The zero-order valence-corrected chi connectivity index (χ0v) is 25.2. The molecule has 2 aliphatic carbocycles. The maximum atomic E-state index is 14.2. The van der Waals surface area contributed by atoms with Crippen LogP contribution in [0.25, 0.3) is 11.3 Å². The maximum absolute atomic E-state index is 14.2. The van der Waals surface area contributed by atoms with Gasteiger partial charge in [0.1, 0.15) is 18.7 Å². The van der Waals surface area contributed by atoms with Crippen LogP contribution in [0, 0.1) is 17.8 Å². The molecular weight excluding hydrogens is 550 g/mol. The molecule has 4 heterocycles. The second kappa shape index (κ2) is 11.7. The molecule has 224 valence electrons. The molecule has 1 N–H and O–H groups in total. The number of ketones is 1. The summed E-state index contributed by atoms with van der Waals surface area (Å²) in [5.74, 6) is 0.487. The Morgan fingerprint density at radius 2 is 1.76 bits per heavy atom. The number of likely N-dealkylation sites (N-methyl/N-ethyl adjacent to an activating group) is 1. The van der Waals surface area contributed by atoms with Crippen LogP contribution in [-0.4, -0.2) is 96.9 Å². The second-order valence-corrected chi connectivity index (χ2v) is 13.7. The van der Waals surface area contributed by atoms with Crippen molar-refractivity contribution in [2.24, 2.45) is 17.8 Å². The van der Waals surface area contributed by atoms with Gasteiger partial charge < -0.3 is 24.8 Å². The molecule has 0 bridgehead atoms. The van der Waals surface area contributed by atoms with Crippen LogP contribution in [0.3, 0.4) is 0 Å². The molecule has 9 nitrogen and oxygen atoms in total. The lowest BCUT2D eigenvalue weighted by Crippen LogP contribution is -2.55. The number of hydrogen-bond donors (Lipinski definition) is 1. The van der Waals surface area contributed by atoms with E-state index in [1.807, 2.05) is 24.3 Å². The first-order chi connectivity index (χ1) is 20.5. The highest BCUT2D eigenvalue weighted by atomic mass is 32.1. The fourth-order valence-corrected chi connectivity index (χ4v) is 8.33. The number of rotatable bonds is 7. The zero-order chi connectivity index (χ0) is 28.8. The van der Waals surface area contributed by atoms with Gasteiger partial charge >= 0.3 is 0 Å². The van der Waals surface area contributed by atoms with Crippen molar-refractivity contribution in [3.8, 4) is 11.3 Å². The van der Waals surface area contributed by atoms with Crippen LogP contribution in [0.5, 0.6) is 0 Å². The highest BCUT2D eigenvalue weighted by Gasteiger charge is 2.56. The average Bonchev–Trinajstić information content (AvgIpc) is 3.43. The Morgan fingerprint density at radius 1 is 1.02 bits per heavy atom. The van der Waals surface area contributed by atoms with E-state index in [0.29, 0.717) is 18.0 Å². The normalized spacial score (nSPS) is 27.7. The van der Waals surface area contributed by atoms with E-state index in [0.717, 1.165) is 87.5 Å². The molecule has 1 aromatic carbocycles. The van der Waals surface area contributed by atoms with Gasteiger partial charge in [0, 0.05) is 55.1 Å². The molecule has 3 aliphatic heterocycles. The summed E-state index contributed by atoms with van der Waals surface area (Å²) in [4.78, 5) is 51.9. The number of thiazole rings is 1. The number of piperazine rings is 1. The van der Waals surface area contributed by atoms with Crippen molar-refractivity contribution in [2.75, 3.05) is 51.3 Å². The lowest BCUT2D eigenvalue weighted by molar-refractivity contribution is -0.139. The molecule has 5 aliphatic rings. The summed E-state index contributed by atoms with van der Waals surface area (Å²) in [5, 5.41) is 6.25. The van der Waals surface area contributed by atoms with Crippen molar-refractivity contribution < 1.29 is 19.1 Å². The third kappa shape index (κ3) is 5.49. The van der Waals surface area contributed by atoms with Crippen molar-refractivity contribution in [1.29, 1.82) is 0 Å². The number of Topliss-reactive ketones (excluding diaryl/α,β-unsaturated/α-hetero) is 1. The van der Waals surface area contributed by atoms with Crippen LogP contribution in [0.2, 0.25) is 0 Å². The lowest BCUT2D eigenvalue weighted by Gasteiger charge is -2.34. The predicted molar refractivity (Wildman–Crippen MR) is 162 cm³/mol. The number of nitrogens with zero attached hydrogens (tertiary/aromatic N) is 4. The van der Waals surface area contributed by atoms with Crippen molar-refractivity contribution in [3.05, 3.63) is 35.2 Å². The van der Waals surface area contributed by atoms with Gasteiger partial charge in [-0.05, 0) is 56.7 Å². The first-order valence-electron chi connectivity index (χ1n) is 15.7. The van der Waals surface area contributed by atoms with Gasteiger partial charge in [0.2, 0.25) is 5.91 Å². The molecule has 3 saturated heterocycles. The Labute approximate surface area is 251 Å². The minimum absolute atomic E-state index is 0.00127. The molecule has 0 unspecified atom stereocenters. The molecule has 4 atom stereocenters. The number of benzene rings is 1. The Morgan fingerprint density at radius 3 is 2.48 bits per heavy atom. The van der Waals surface area contributed by atoms with Crippen molar-refractivity contribution >= 4 is 34.1 Å². The Kier molecular flexibility index (Phi) is 7.79. The van der Waals surface area contributed by atoms with Gasteiger partial charge in [-0.3, -0.25) is 14.4 Å². The van der Waals surface area contributed by atoms with Gasteiger partial charge in [0.25, 0.3) is 5.91 Å². The van der Waals surface area contributed by atoms with Gasteiger partial charge in [-0.15, -0.1) is 11.3 Å². The van der Waals surface area contributed by atoms with Gasteiger partial charge in [0.15, 0.2) is 10.9 Å². The number of nitrogens with one attached hydrogen (secondary N) is 1. The minimum Gasteiger partial charge on any atom is -0.367 e. The van der Waals surface area contributed by atoms with Crippen LogP contribution in [-0.2, 0) is 14.3 Å². The van der Waals surface area contributed by atoms with Crippen LogP contribution < -0.4 is 10.2 Å². The van der Waals surface area contributed by atoms with Gasteiger partial charge in [-0.2, -0.15) is 0 Å². The van der Waals surface area contributed by atoms with Crippen LogP contribution in [0.1, 0.15) is 55.3 Å². The van der Waals surface area contributed by atoms with E-state index >= 15 is 0 Å². The summed E-state index contributed by atoms with van der Waals surface area (Å²) in [6.07, 6.45) is 7.19. The molecule has 2 aromatic rings. The SMILES string of the molecule is CN1CCN(c2nc(-c3ccc(C(=O)N[C@H](C(=O)N4C[C@H](C5CC5)[C@H]5OCC(=O)[C@H]54)C4CCCCC4)cc3)cs2)CC1. The molecule has 42 heavy (non-hydrogen) atoms. The highest BCUT2D eigenvalue weighted by molar-refractivity contribution is 7.14. The molecular formula is C32H41N5O4S. The van der Waals surface area contributed by atoms with Crippen molar-refractivity contribution in [3.63, 3.8) is 0 Å². The van der Waals surface area contributed by atoms with Crippen molar-refractivity contribution in [2.45, 2.75) is 63.1 Å². The van der Waals surface area contributed by atoms with Gasteiger partial charge in [-0.1, -0.05) is 31.4 Å². The Balaban J connectivity index is 1.06. The van der Waals surface area contributed by atoms with Crippen LogP contribution in [0.4, 0.5) is 5.13 Å². The maximum Gasteiger partial charge on any atom is 0.251 e. The summed E-state index contributed by atoms with van der Waals surface area (Å²) in [6.45, 7) is 4.67. The molecule has 2 saturated carbocycles. The number of carbonyl (C=O) groups is 3. The van der Waals surface area contributed by atoms with E-state index in [-0.39, 0.29) is 42.1 Å². The zero-order valence-electron chi connectivity index (χ0n) is 24.4. The highest BCUT2D eigenvalue weighted by Crippen LogP contribution is 2.46. The number of likely N-dealkylation sites (tertiary alicyclic amines) is 1.